The van der Waals surface area contributed by atoms with Gasteiger partial charge < -0.3 is 9.47 Å². The number of carbonyl (C=O) groups is 3. The molecule has 2 aliphatic carbocycles. The van der Waals surface area contributed by atoms with Crippen molar-refractivity contribution >= 4 is 17.7 Å². The predicted octanol–water partition coefficient (Wildman–Crippen LogP) is 4.26. The molecule has 0 aliphatic heterocycles. The van der Waals surface area contributed by atoms with Crippen molar-refractivity contribution in [3.8, 4) is 0 Å². The molecule has 0 amide bonds. The second-order valence-corrected chi connectivity index (χ2v) is 8.68. The van der Waals surface area contributed by atoms with Gasteiger partial charge >= 0.3 is 11.9 Å². The molecule has 2 rings (SSSR count). The highest BCUT2D eigenvalue weighted by molar-refractivity contribution is 5.86. The first-order valence-corrected chi connectivity index (χ1v) is 10.3. The van der Waals surface area contributed by atoms with Gasteiger partial charge in [-0.15, -0.1) is 0 Å². The van der Waals surface area contributed by atoms with Crippen LogP contribution in [0.2, 0.25) is 0 Å². The second kappa shape index (κ2) is 9.06. The molecule has 2 unspecified atom stereocenters. The molecule has 2 saturated carbocycles. The molecule has 0 heterocycles. The zero-order valence-corrected chi connectivity index (χ0v) is 18.0. The van der Waals surface area contributed by atoms with E-state index in [9.17, 15) is 14.4 Å². The third kappa shape index (κ3) is 4.73. The molecule has 0 spiro atoms. The summed E-state index contributed by atoms with van der Waals surface area (Å²) in [6.07, 6.45) is 2.53. The molecule has 0 radical (unpaired) electrons. The fourth-order valence-corrected chi connectivity index (χ4v) is 4.92. The van der Waals surface area contributed by atoms with E-state index in [0.29, 0.717) is 18.8 Å². The Labute approximate surface area is 168 Å². The van der Waals surface area contributed by atoms with Crippen molar-refractivity contribution in [1.29, 1.82) is 0 Å². The third-order valence-corrected chi connectivity index (χ3v) is 6.44. The van der Waals surface area contributed by atoms with Crippen LogP contribution >= 0.6 is 0 Å². The van der Waals surface area contributed by atoms with Gasteiger partial charge in [0, 0.05) is 19.4 Å². The lowest BCUT2D eigenvalue weighted by Gasteiger charge is -2.44. The highest BCUT2D eigenvalue weighted by atomic mass is 16.5. The van der Waals surface area contributed by atoms with Crippen LogP contribution in [0.5, 0.6) is 0 Å². The maximum absolute atomic E-state index is 12.8. The monoisotopic (exact) mass is 390 g/mol. The topological polar surface area (TPSA) is 69.7 Å². The highest BCUT2D eigenvalue weighted by Crippen LogP contribution is 2.53. The van der Waals surface area contributed by atoms with Gasteiger partial charge in [0.2, 0.25) is 0 Å². The first kappa shape index (κ1) is 22.4. The van der Waals surface area contributed by atoms with Crippen LogP contribution in [-0.4, -0.2) is 29.9 Å². The van der Waals surface area contributed by atoms with Crippen LogP contribution in [0.4, 0.5) is 0 Å². The van der Waals surface area contributed by atoms with Crippen LogP contribution < -0.4 is 0 Å². The SMILES string of the molecule is C=C1[C@H](OC(=O)/C=C(\C)CC)CC(C(C)C)[C@@H]2C([C@H](C)OC(C)=O)C(=O)C[C@@H]12. The maximum Gasteiger partial charge on any atom is 0.331 e. The van der Waals surface area contributed by atoms with Crippen molar-refractivity contribution in [3.05, 3.63) is 23.8 Å². The van der Waals surface area contributed by atoms with Crippen molar-refractivity contribution in [3.63, 3.8) is 0 Å². The number of ether oxygens (including phenoxy) is 2. The zero-order chi connectivity index (χ0) is 21.2. The van der Waals surface area contributed by atoms with E-state index in [2.05, 4.69) is 20.4 Å². The molecule has 5 heteroatoms. The van der Waals surface area contributed by atoms with Gasteiger partial charge in [-0.25, -0.2) is 4.79 Å². The number of Topliss-reactive ketones (excluding diaryl/α,β-unsaturated/α-hetero) is 1. The van der Waals surface area contributed by atoms with Crippen molar-refractivity contribution in [2.75, 3.05) is 0 Å². The van der Waals surface area contributed by atoms with Crippen LogP contribution in [0, 0.1) is 29.6 Å². The minimum absolute atomic E-state index is 0.0364. The predicted molar refractivity (Wildman–Crippen MR) is 107 cm³/mol. The standard InChI is InChI=1S/C23H34O5/c1-8-13(4)9-21(26)28-20-11-17(12(2)3)23-18(14(20)5)10-19(25)22(23)15(6)27-16(7)24/h9,12,15,17-18,20,22-23H,5,8,10-11H2,1-4,6-7H3/b13-9+/t15-,17?,18-,20+,22?,23-/m0/s1. The van der Waals surface area contributed by atoms with Gasteiger partial charge in [0.25, 0.3) is 0 Å². The van der Waals surface area contributed by atoms with E-state index in [4.69, 9.17) is 9.47 Å². The minimum Gasteiger partial charge on any atom is -0.462 e. The molecule has 156 valence electrons. The van der Waals surface area contributed by atoms with Gasteiger partial charge in [0.15, 0.2) is 0 Å². The van der Waals surface area contributed by atoms with Crippen molar-refractivity contribution in [1.82, 2.24) is 0 Å². The fraction of sp³-hybridized carbons (Fsp3) is 0.696. The average Bonchev–Trinajstić information content (AvgIpc) is 2.93. The summed E-state index contributed by atoms with van der Waals surface area (Å²) in [6.45, 7) is 15.5. The molecular weight excluding hydrogens is 356 g/mol. The van der Waals surface area contributed by atoms with Gasteiger partial charge in [0.1, 0.15) is 18.0 Å². The Kier molecular flexibility index (Phi) is 7.24. The van der Waals surface area contributed by atoms with E-state index < -0.39 is 6.10 Å². The van der Waals surface area contributed by atoms with Crippen molar-refractivity contribution < 1.29 is 23.9 Å². The summed E-state index contributed by atoms with van der Waals surface area (Å²) in [4.78, 5) is 36.6. The summed E-state index contributed by atoms with van der Waals surface area (Å²) in [5.74, 6) is -0.388. The highest BCUT2D eigenvalue weighted by Gasteiger charge is 2.55. The largest absolute Gasteiger partial charge is 0.462 e. The summed E-state index contributed by atoms with van der Waals surface area (Å²) in [7, 11) is 0. The van der Waals surface area contributed by atoms with E-state index in [1.54, 1.807) is 6.92 Å². The number of ketones is 1. The normalized spacial score (nSPS) is 31.5. The summed E-state index contributed by atoms with van der Waals surface area (Å²) < 4.78 is 11.1. The zero-order valence-electron chi connectivity index (χ0n) is 18.0. The molecular formula is C23H34O5. The molecule has 0 aromatic rings. The Balaban J connectivity index is 2.26. The molecule has 0 N–H and O–H groups in total. The van der Waals surface area contributed by atoms with Gasteiger partial charge in [-0.2, -0.15) is 0 Å². The summed E-state index contributed by atoms with van der Waals surface area (Å²) in [5.41, 5.74) is 1.79. The van der Waals surface area contributed by atoms with Crippen LogP contribution in [-0.2, 0) is 23.9 Å². The Hall–Kier alpha value is -1.91. The van der Waals surface area contributed by atoms with Gasteiger partial charge in [-0.3, -0.25) is 9.59 Å². The lowest BCUT2D eigenvalue weighted by Crippen LogP contribution is -2.44. The van der Waals surface area contributed by atoms with Crippen LogP contribution in [0.15, 0.2) is 23.8 Å². The summed E-state index contributed by atoms with van der Waals surface area (Å²) >= 11 is 0. The quantitative estimate of drug-likeness (QED) is 0.385. The molecule has 6 atom stereocenters. The number of fused-ring (bicyclic) bond motifs is 1. The number of hydrogen-bond acceptors (Lipinski definition) is 5. The van der Waals surface area contributed by atoms with E-state index in [1.807, 2.05) is 13.8 Å². The van der Waals surface area contributed by atoms with E-state index in [1.165, 1.54) is 13.0 Å². The van der Waals surface area contributed by atoms with Gasteiger partial charge in [0.05, 0.1) is 5.92 Å². The summed E-state index contributed by atoms with van der Waals surface area (Å²) in [6, 6.07) is 0. The van der Waals surface area contributed by atoms with Crippen molar-refractivity contribution in [2.24, 2.45) is 29.6 Å². The fourth-order valence-electron chi connectivity index (χ4n) is 4.92. The van der Waals surface area contributed by atoms with Crippen LogP contribution in [0.25, 0.3) is 0 Å². The summed E-state index contributed by atoms with van der Waals surface area (Å²) in [5, 5.41) is 0. The second-order valence-electron chi connectivity index (χ2n) is 8.68. The van der Waals surface area contributed by atoms with Gasteiger partial charge in [-0.05, 0) is 55.9 Å². The molecule has 0 aromatic carbocycles. The molecule has 2 aliphatic rings. The number of hydrogen-bond donors (Lipinski definition) is 0. The Morgan fingerprint density at radius 3 is 2.43 bits per heavy atom. The lowest BCUT2D eigenvalue weighted by molar-refractivity contribution is -0.153. The molecule has 0 aromatic heterocycles. The van der Waals surface area contributed by atoms with Crippen molar-refractivity contribution in [2.45, 2.75) is 73.0 Å². The number of carbonyl (C=O) groups excluding carboxylic acids is 3. The Bertz CT molecular complexity index is 674. The molecule has 28 heavy (non-hydrogen) atoms. The Morgan fingerprint density at radius 2 is 1.89 bits per heavy atom. The number of esters is 2. The molecule has 0 saturated heterocycles. The van der Waals surface area contributed by atoms with E-state index >= 15 is 0 Å². The molecule has 5 nitrogen and oxygen atoms in total. The van der Waals surface area contributed by atoms with E-state index in [0.717, 1.165) is 17.6 Å². The maximum atomic E-state index is 12.8. The lowest BCUT2D eigenvalue weighted by atomic mass is 9.63. The first-order valence-electron chi connectivity index (χ1n) is 10.3. The first-order chi connectivity index (χ1) is 13.1. The van der Waals surface area contributed by atoms with E-state index in [-0.39, 0.29) is 47.5 Å². The smallest absolute Gasteiger partial charge is 0.331 e. The third-order valence-electron chi connectivity index (χ3n) is 6.44. The van der Waals surface area contributed by atoms with Crippen LogP contribution in [0.3, 0.4) is 0 Å². The minimum atomic E-state index is -0.455. The number of rotatable bonds is 6. The van der Waals surface area contributed by atoms with Gasteiger partial charge in [-0.1, -0.05) is 32.9 Å². The Morgan fingerprint density at radius 1 is 1.25 bits per heavy atom. The molecule has 2 fully saturated rings. The average molecular weight is 391 g/mol. The number of allylic oxidation sites excluding steroid dienone is 1. The molecule has 0 bridgehead atoms. The van der Waals surface area contributed by atoms with Crippen LogP contribution in [0.1, 0.15) is 60.8 Å².